The Hall–Kier alpha value is -1.58. The molecule has 2 rings (SSSR count). The molecule has 0 spiro atoms. The Kier molecular flexibility index (Phi) is 4.26. The first-order valence-electron chi connectivity index (χ1n) is 7.05. The topological polar surface area (TPSA) is 96.0 Å². The van der Waals surface area contributed by atoms with Crippen LogP contribution in [-0.4, -0.2) is 14.5 Å². The van der Waals surface area contributed by atoms with Crippen molar-refractivity contribution in [3.05, 3.63) is 23.8 Å². The van der Waals surface area contributed by atoms with Gasteiger partial charge in [0.25, 0.3) is 0 Å². The summed E-state index contributed by atoms with van der Waals surface area (Å²) in [4.78, 5) is 0.00239. The number of rotatable bonds is 3. The van der Waals surface area contributed by atoms with E-state index in [1.54, 1.807) is 0 Å². The second-order valence-corrected chi connectivity index (χ2v) is 8.13. The molecule has 5 nitrogen and oxygen atoms in total. The molecule has 0 heterocycles. The van der Waals surface area contributed by atoms with Crippen LogP contribution in [0.25, 0.3) is 0 Å². The zero-order chi connectivity index (χ0) is 15.7. The summed E-state index contributed by atoms with van der Waals surface area (Å²) < 4.78 is 27.7. The van der Waals surface area contributed by atoms with Crippen molar-refractivity contribution in [3.63, 3.8) is 0 Å². The van der Waals surface area contributed by atoms with Gasteiger partial charge < -0.3 is 5.73 Å². The smallest absolute Gasteiger partial charge is 0.242 e. The zero-order valence-corrected chi connectivity index (χ0v) is 13.2. The molecule has 1 aromatic carbocycles. The van der Waals surface area contributed by atoms with Crippen molar-refractivity contribution >= 4 is 15.7 Å². The number of nitrogens with one attached hydrogen (secondary N) is 1. The van der Waals surface area contributed by atoms with Crippen LogP contribution in [0.3, 0.4) is 0 Å². The van der Waals surface area contributed by atoms with Crippen molar-refractivity contribution in [2.45, 2.75) is 50.5 Å². The van der Waals surface area contributed by atoms with Gasteiger partial charge in [0.2, 0.25) is 10.0 Å². The lowest BCUT2D eigenvalue weighted by atomic mass is 9.75. The summed E-state index contributed by atoms with van der Waals surface area (Å²) in [6, 6.07) is 6.10. The van der Waals surface area contributed by atoms with Gasteiger partial charge in [-0.05, 0) is 42.9 Å². The van der Waals surface area contributed by atoms with Gasteiger partial charge in [-0.25, -0.2) is 13.1 Å². The Morgan fingerprint density at radius 2 is 2.14 bits per heavy atom. The van der Waals surface area contributed by atoms with Gasteiger partial charge in [0.15, 0.2) is 0 Å². The minimum Gasteiger partial charge on any atom is -0.399 e. The van der Waals surface area contributed by atoms with Gasteiger partial charge >= 0.3 is 0 Å². The molecule has 114 valence electrons. The number of hydrogen-bond donors (Lipinski definition) is 2. The summed E-state index contributed by atoms with van der Waals surface area (Å²) in [6.07, 6.45) is 3.76. The van der Waals surface area contributed by atoms with E-state index in [-0.39, 0.29) is 21.9 Å². The van der Waals surface area contributed by atoms with Crippen LogP contribution in [-0.2, 0) is 10.0 Å². The fraction of sp³-hybridized carbons (Fsp3) is 0.533. The zero-order valence-electron chi connectivity index (χ0n) is 12.4. The number of hydrogen-bond acceptors (Lipinski definition) is 4. The molecule has 1 saturated carbocycles. The van der Waals surface area contributed by atoms with Gasteiger partial charge in [-0.15, -0.1) is 0 Å². The average Bonchev–Trinajstić information content (AvgIpc) is 2.36. The lowest BCUT2D eigenvalue weighted by molar-refractivity contribution is 0.212. The molecule has 3 N–H and O–H groups in total. The van der Waals surface area contributed by atoms with Gasteiger partial charge in [0.1, 0.15) is 6.07 Å². The van der Waals surface area contributed by atoms with E-state index >= 15 is 0 Å². The maximum Gasteiger partial charge on any atom is 0.242 e. The molecule has 0 aromatic heterocycles. The van der Waals surface area contributed by atoms with Gasteiger partial charge in [0, 0.05) is 11.7 Å². The highest BCUT2D eigenvalue weighted by Gasteiger charge is 2.31. The Morgan fingerprint density at radius 3 is 2.76 bits per heavy atom. The van der Waals surface area contributed by atoms with Gasteiger partial charge in [-0.2, -0.15) is 5.26 Å². The number of nitriles is 1. The molecule has 0 saturated heterocycles. The molecule has 1 unspecified atom stereocenters. The molecule has 1 aliphatic carbocycles. The number of benzene rings is 1. The van der Waals surface area contributed by atoms with Crippen LogP contribution >= 0.6 is 0 Å². The van der Waals surface area contributed by atoms with E-state index in [4.69, 9.17) is 11.0 Å². The molecule has 0 bridgehead atoms. The Balaban J connectivity index is 2.25. The van der Waals surface area contributed by atoms with Crippen LogP contribution in [0.1, 0.15) is 45.1 Å². The van der Waals surface area contributed by atoms with Crippen molar-refractivity contribution in [2.75, 3.05) is 5.73 Å². The first-order valence-corrected chi connectivity index (χ1v) is 8.54. The second kappa shape index (κ2) is 5.66. The van der Waals surface area contributed by atoms with E-state index < -0.39 is 10.0 Å². The Morgan fingerprint density at radius 1 is 1.43 bits per heavy atom. The van der Waals surface area contributed by atoms with Crippen LogP contribution < -0.4 is 10.5 Å². The molecule has 0 aliphatic heterocycles. The summed E-state index contributed by atoms with van der Waals surface area (Å²) in [7, 11) is -3.70. The van der Waals surface area contributed by atoms with Crippen LogP contribution in [0.4, 0.5) is 5.69 Å². The highest BCUT2D eigenvalue weighted by Crippen LogP contribution is 2.35. The number of nitrogen functional groups attached to an aromatic ring is 1. The summed E-state index contributed by atoms with van der Waals surface area (Å²) >= 11 is 0. The van der Waals surface area contributed by atoms with Crippen LogP contribution in [0.5, 0.6) is 0 Å². The predicted octanol–water partition coefficient (Wildman–Crippen LogP) is 2.39. The van der Waals surface area contributed by atoms with Gasteiger partial charge in [0.05, 0.1) is 10.5 Å². The van der Waals surface area contributed by atoms with Crippen molar-refractivity contribution in [1.29, 1.82) is 5.26 Å². The third-order valence-electron chi connectivity index (χ3n) is 3.94. The normalized spacial score (nSPS) is 21.7. The lowest BCUT2D eigenvalue weighted by Crippen LogP contribution is -2.40. The summed E-state index contributed by atoms with van der Waals surface area (Å²) in [6.45, 7) is 4.30. The largest absolute Gasteiger partial charge is 0.399 e. The molecule has 6 heteroatoms. The monoisotopic (exact) mass is 307 g/mol. The second-order valence-electron chi connectivity index (χ2n) is 6.45. The fourth-order valence-electron chi connectivity index (χ4n) is 2.95. The van der Waals surface area contributed by atoms with E-state index in [9.17, 15) is 8.42 Å². The minimum absolute atomic E-state index is 0.00239. The summed E-state index contributed by atoms with van der Waals surface area (Å²) in [5, 5.41) is 9.10. The highest BCUT2D eigenvalue weighted by molar-refractivity contribution is 7.89. The predicted molar refractivity (Wildman–Crippen MR) is 81.9 cm³/mol. The minimum atomic E-state index is -3.70. The van der Waals surface area contributed by atoms with Crippen molar-refractivity contribution < 1.29 is 8.42 Å². The standard InChI is InChI=1S/C15H21N3O2S/c1-15(2)7-3-4-13(9-15)18-21(19,20)14-6-5-12(17)8-11(14)10-16/h5-6,8,13,18H,3-4,7,9,17H2,1-2H3. The molecule has 1 aromatic rings. The first-order chi connectivity index (χ1) is 9.73. The fourth-order valence-corrected chi connectivity index (χ4v) is 4.36. The average molecular weight is 307 g/mol. The Labute approximate surface area is 126 Å². The molecule has 0 amide bonds. The number of anilines is 1. The van der Waals surface area contributed by atoms with Crippen molar-refractivity contribution in [2.24, 2.45) is 5.41 Å². The molecule has 1 fully saturated rings. The molecule has 1 aliphatic rings. The quantitative estimate of drug-likeness (QED) is 0.838. The van der Waals surface area contributed by atoms with E-state index in [0.29, 0.717) is 5.69 Å². The van der Waals surface area contributed by atoms with E-state index in [2.05, 4.69) is 18.6 Å². The van der Waals surface area contributed by atoms with Crippen LogP contribution in [0.15, 0.2) is 23.1 Å². The molecule has 1 atom stereocenters. The van der Waals surface area contributed by atoms with Gasteiger partial charge in [-0.1, -0.05) is 20.3 Å². The van der Waals surface area contributed by atoms with E-state index in [1.165, 1.54) is 18.2 Å². The lowest BCUT2D eigenvalue weighted by Gasteiger charge is -2.35. The highest BCUT2D eigenvalue weighted by atomic mass is 32.2. The van der Waals surface area contributed by atoms with E-state index in [0.717, 1.165) is 25.7 Å². The molecular weight excluding hydrogens is 286 g/mol. The summed E-state index contributed by atoms with van der Waals surface area (Å²) in [5.41, 5.74) is 6.20. The van der Waals surface area contributed by atoms with Gasteiger partial charge in [-0.3, -0.25) is 0 Å². The molecule has 21 heavy (non-hydrogen) atoms. The molecular formula is C15H21N3O2S. The van der Waals surface area contributed by atoms with Crippen molar-refractivity contribution in [1.82, 2.24) is 4.72 Å². The maximum atomic E-state index is 12.5. The first kappa shape index (κ1) is 15.8. The maximum absolute atomic E-state index is 12.5. The van der Waals surface area contributed by atoms with Crippen LogP contribution in [0, 0.1) is 16.7 Å². The van der Waals surface area contributed by atoms with Crippen LogP contribution in [0.2, 0.25) is 0 Å². The molecule has 0 radical (unpaired) electrons. The summed E-state index contributed by atoms with van der Waals surface area (Å²) in [5.74, 6) is 0. The Bertz CT molecular complexity index is 675. The SMILES string of the molecule is CC1(C)CCCC(NS(=O)(=O)c2ccc(N)cc2C#N)C1. The number of nitrogens with two attached hydrogens (primary N) is 1. The number of sulfonamides is 1. The van der Waals surface area contributed by atoms with Crippen molar-refractivity contribution in [3.8, 4) is 6.07 Å². The van der Waals surface area contributed by atoms with E-state index in [1.807, 2.05) is 6.07 Å². The third-order valence-corrected chi connectivity index (χ3v) is 5.52. The third kappa shape index (κ3) is 3.74. The number of nitrogens with zero attached hydrogens (tertiary/aromatic N) is 1.